The first-order valence-electron chi connectivity index (χ1n) is 6.30. The van der Waals surface area contributed by atoms with Crippen LogP contribution in [0, 0.1) is 0 Å². The zero-order valence-corrected chi connectivity index (χ0v) is 12.9. The molecule has 1 amide bonds. The summed E-state index contributed by atoms with van der Waals surface area (Å²) in [5, 5.41) is 9.43. The van der Waals surface area contributed by atoms with E-state index >= 15 is 0 Å². The third-order valence-electron chi connectivity index (χ3n) is 2.83. The maximum Gasteiger partial charge on any atom is 0.303 e. The van der Waals surface area contributed by atoms with Crippen LogP contribution >= 0.6 is 23.2 Å². The second-order valence-corrected chi connectivity index (χ2v) is 5.56. The zero-order chi connectivity index (χ0) is 15.3. The summed E-state index contributed by atoms with van der Waals surface area (Å²) in [6.07, 6.45) is 0.428. The minimum Gasteiger partial charge on any atom is -0.481 e. The summed E-state index contributed by atoms with van der Waals surface area (Å²) in [5.74, 6) is -1.11. The van der Waals surface area contributed by atoms with Gasteiger partial charge in [-0.3, -0.25) is 9.59 Å². The van der Waals surface area contributed by atoms with E-state index in [-0.39, 0.29) is 18.4 Å². The Hall–Kier alpha value is -1.26. The number of hydrogen-bond acceptors (Lipinski definition) is 2. The lowest BCUT2D eigenvalue weighted by Crippen LogP contribution is -2.38. The molecule has 0 aliphatic carbocycles. The number of amides is 1. The Morgan fingerprint density at radius 3 is 2.50 bits per heavy atom. The summed E-state index contributed by atoms with van der Waals surface area (Å²) in [5.41, 5.74) is 0.336. The van der Waals surface area contributed by atoms with Gasteiger partial charge in [-0.2, -0.15) is 0 Å². The molecule has 6 heteroatoms. The summed E-state index contributed by atoms with van der Waals surface area (Å²) in [6, 6.07) is 4.67. The second-order valence-electron chi connectivity index (χ2n) is 4.71. The number of nitrogens with zero attached hydrogens (tertiary/aromatic N) is 1. The van der Waals surface area contributed by atoms with Crippen molar-refractivity contribution >= 4 is 35.1 Å². The lowest BCUT2D eigenvalue weighted by molar-refractivity contribution is -0.137. The highest BCUT2D eigenvalue weighted by molar-refractivity contribution is 6.35. The number of halogens is 2. The maximum atomic E-state index is 12.5. The van der Waals surface area contributed by atoms with Gasteiger partial charge in [0.25, 0.3) is 5.91 Å². The van der Waals surface area contributed by atoms with E-state index in [0.29, 0.717) is 28.6 Å². The lowest BCUT2D eigenvalue weighted by atomic mass is 10.1. The van der Waals surface area contributed by atoms with E-state index in [9.17, 15) is 9.59 Å². The van der Waals surface area contributed by atoms with Crippen LogP contribution in [0.1, 0.15) is 37.0 Å². The fraction of sp³-hybridized carbons (Fsp3) is 0.429. The third kappa shape index (κ3) is 4.69. The van der Waals surface area contributed by atoms with Gasteiger partial charge in [-0.15, -0.1) is 0 Å². The summed E-state index contributed by atoms with van der Waals surface area (Å²) >= 11 is 11.9. The van der Waals surface area contributed by atoms with Crippen molar-refractivity contribution < 1.29 is 14.7 Å². The highest BCUT2D eigenvalue weighted by Crippen LogP contribution is 2.23. The third-order valence-corrected chi connectivity index (χ3v) is 3.40. The number of carbonyl (C=O) groups is 2. The average molecular weight is 318 g/mol. The molecule has 0 aliphatic rings. The van der Waals surface area contributed by atoms with Crippen LogP contribution in [0.4, 0.5) is 0 Å². The van der Waals surface area contributed by atoms with Gasteiger partial charge in [0, 0.05) is 24.0 Å². The molecule has 0 radical (unpaired) electrons. The highest BCUT2D eigenvalue weighted by Gasteiger charge is 2.21. The minimum atomic E-state index is -0.873. The van der Waals surface area contributed by atoms with Crippen LogP contribution in [-0.4, -0.2) is 34.5 Å². The summed E-state index contributed by atoms with van der Waals surface area (Å²) < 4.78 is 0. The fourth-order valence-electron chi connectivity index (χ4n) is 1.81. The Bertz CT molecular complexity index is 503. The highest BCUT2D eigenvalue weighted by atomic mass is 35.5. The van der Waals surface area contributed by atoms with Gasteiger partial charge in [-0.25, -0.2) is 0 Å². The first-order chi connectivity index (χ1) is 9.32. The van der Waals surface area contributed by atoms with Crippen molar-refractivity contribution in [1.29, 1.82) is 0 Å². The number of aliphatic carboxylic acids is 1. The largest absolute Gasteiger partial charge is 0.481 e. The standard InChI is InChI=1S/C14H17Cl2NO3/c1-9(2)17(7-3-4-13(18)19)14(20)11-8-10(15)5-6-12(11)16/h5-6,8-9H,3-4,7H2,1-2H3,(H,18,19). The molecule has 0 spiro atoms. The van der Waals surface area contributed by atoms with E-state index in [0.717, 1.165) is 0 Å². The molecule has 0 aromatic heterocycles. The molecule has 0 atom stereocenters. The molecule has 0 fully saturated rings. The molecule has 0 aliphatic heterocycles. The number of benzene rings is 1. The average Bonchev–Trinajstić information content (AvgIpc) is 2.36. The first-order valence-corrected chi connectivity index (χ1v) is 7.06. The van der Waals surface area contributed by atoms with Gasteiger partial charge >= 0.3 is 5.97 Å². The molecular weight excluding hydrogens is 301 g/mol. The van der Waals surface area contributed by atoms with Crippen LogP contribution in [0.3, 0.4) is 0 Å². The number of carboxylic acids is 1. The van der Waals surface area contributed by atoms with Crippen LogP contribution in [0.15, 0.2) is 18.2 Å². The van der Waals surface area contributed by atoms with Gasteiger partial charge in [0.2, 0.25) is 0 Å². The number of carbonyl (C=O) groups excluding carboxylic acids is 1. The number of rotatable bonds is 6. The van der Waals surface area contributed by atoms with E-state index in [2.05, 4.69) is 0 Å². The Labute approximate surface area is 128 Å². The van der Waals surface area contributed by atoms with E-state index in [1.54, 1.807) is 17.0 Å². The lowest BCUT2D eigenvalue weighted by Gasteiger charge is -2.27. The molecule has 0 saturated carbocycles. The van der Waals surface area contributed by atoms with Crippen molar-refractivity contribution in [3.05, 3.63) is 33.8 Å². The molecule has 1 aromatic carbocycles. The summed E-state index contributed by atoms with van der Waals surface area (Å²) in [4.78, 5) is 24.6. The maximum absolute atomic E-state index is 12.5. The van der Waals surface area contributed by atoms with Crippen molar-refractivity contribution in [2.24, 2.45) is 0 Å². The van der Waals surface area contributed by atoms with E-state index in [4.69, 9.17) is 28.3 Å². The summed E-state index contributed by atoms with van der Waals surface area (Å²) in [6.45, 7) is 4.11. The molecule has 0 unspecified atom stereocenters. The first kappa shape index (κ1) is 16.8. The molecule has 1 aromatic rings. The van der Waals surface area contributed by atoms with Crippen molar-refractivity contribution in [2.45, 2.75) is 32.7 Å². The molecular formula is C14H17Cl2NO3. The molecule has 20 heavy (non-hydrogen) atoms. The fourth-order valence-corrected chi connectivity index (χ4v) is 2.18. The molecule has 0 heterocycles. The van der Waals surface area contributed by atoms with Gasteiger partial charge < -0.3 is 10.0 Å². The van der Waals surface area contributed by atoms with Gasteiger partial charge in [0.1, 0.15) is 0 Å². The van der Waals surface area contributed by atoms with Crippen LogP contribution in [0.2, 0.25) is 10.0 Å². The van der Waals surface area contributed by atoms with Gasteiger partial charge in [0.15, 0.2) is 0 Å². The predicted octanol–water partition coefficient (Wildman–Crippen LogP) is 3.71. The Balaban J connectivity index is 2.88. The monoisotopic (exact) mass is 317 g/mol. The second kappa shape index (κ2) is 7.50. The van der Waals surface area contributed by atoms with Gasteiger partial charge in [-0.05, 0) is 38.5 Å². The molecule has 0 saturated heterocycles. The van der Waals surface area contributed by atoms with Crippen LogP contribution in [0.25, 0.3) is 0 Å². The number of carboxylic acid groups (broad SMARTS) is 1. The molecule has 110 valence electrons. The minimum absolute atomic E-state index is 0.0276. The van der Waals surface area contributed by atoms with Crippen molar-refractivity contribution in [2.75, 3.05) is 6.54 Å². The smallest absolute Gasteiger partial charge is 0.303 e. The Morgan fingerprint density at radius 1 is 1.30 bits per heavy atom. The van der Waals surface area contributed by atoms with E-state index in [1.807, 2.05) is 13.8 Å². The SMILES string of the molecule is CC(C)N(CCCC(=O)O)C(=O)c1cc(Cl)ccc1Cl. The van der Waals surface area contributed by atoms with E-state index in [1.165, 1.54) is 6.07 Å². The summed E-state index contributed by atoms with van der Waals surface area (Å²) in [7, 11) is 0. The van der Waals surface area contributed by atoms with Gasteiger partial charge in [0.05, 0.1) is 10.6 Å². The van der Waals surface area contributed by atoms with Crippen LogP contribution < -0.4 is 0 Å². The normalized spacial score (nSPS) is 10.7. The molecule has 4 nitrogen and oxygen atoms in total. The van der Waals surface area contributed by atoms with Crippen molar-refractivity contribution in [3.8, 4) is 0 Å². The predicted molar refractivity (Wildman–Crippen MR) is 79.5 cm³/mol. The van der Waals surface area contributed by atoms with Crippen LogP contribution in [-0.2, 0) is 4.79 Å². The van der Waals surface area contributed by atoms with E-state index < -0.39 is 5.97 Å². The quantitative estimate of drug-likeness (QED) is 0.870. The molecule has 1 N–H and O–H groups in total. The Morgan fingerprint density at radius 2 is 1.95 bits per heavy atom. The molecule has 0 bridgehead atoms. The Kier molecular flexibility index (Phi) is 6.30. The zero-order valence-electron chi connectivity index (χ0n) is 11.4. The van der Waals surface area contributed by atoms with Crippen molar-refractivity contribution in [3.63, 3.8) is 0 Å². The molecule has 1 rings (SSSR count). The topological polar surface area (TPSA) is 57.6 Å². The van der Waals surface area contributed by atoms with Gasteiger partial charge in [-0.1, -0.05) is 23.2 Å². The van der Waals surface area contributed by atoms with Crippen molar-refractivity contribution in [1.82, 2.24) is 4.90 Å². The number of hydrogen-bond donors (Lipinski definition) is 1. The van der Waals surface area contributed by atoms with Crippen LogP contribution in [0.5, 0.6) is 0 Å².